The van der Waals surface area contributed by atoms with Crippen LogP contribution in [0.5, 0.6) is 5.75 Å². The molecule has 0 saturated heterocycles. The Morgan fingerprint density at radius 3 is 2.87 bits per heavy atom. The minimum absolute atomic E-state index is 0.00174. The Hall–Kier alpha value is -2.20. The fourth-order valence-corrected chi connectivity index (χ4v) is 2.88. The molecule has 0 aliphatic carbocycles. The van der Waals surface area contributed by atoms with Gasteiger partial charge in [-0.05, 0) is 36.2 Å². The van der Waals surface area contributed by atoms with E-state index in [4.69, 9.17) is 11.6 Å². The average molecular weight is 330 g/mol. The molecule has 0 radical (unpaired) electrons. The van der Waals surface area contributed by atoms with Crippen molar-refractivity contribution < 1.29 is 9.67 Å². The van der Waals surface area contributed by atoms with Gasteiger partial charge in [0.2, 0.25) is 0 Å². The summed E-state index contributed by atoms with van der Waals surface area (Å²) < 4.78 is 2.23. The van der Waals surface area contributed by atoms with Gasteiger partial charge in [-0.2, -0.15) is 0 Å². The third kappa shape index (κ3) is 3.42. The fourth-order valence-electron chi connectivity index (χ4n) is 2.68. The van der Waals surface area contributed by atoms with E-state index in [0.717, 1.165) is 36.4 Å². The van der Waals surface area contributed by atoms with E-state index in [1.54, 1.807) is 12.1 Å². The molecule has 0 saturated carbocycles. The van der Waals surface area contributed by atoms with E-state index in [9.17, 15) is 5.11 Å². The number of nitrogens with zero attached hydrogens (tertiary/aromatic N) is 1. The number of aromatic amines is 1. The lowest BCUT2D eigenvalue weighted by Gasteiger charge is -2.12. The Bertz CT molecular complexity index is 813. The maximum absolute atomic E-state index is 11.9. The normalized spacial score (nSPS) is 11.0. The molecule has 0 unspecified atom stereocenters. The van der Waals surface area contributed by atoms with Gasteiger partial charge in [-0.3, -0.25) is 5.32 Å². The lowest BCUT2D eigenvalue weighted by atomic mass is 10.2. The second-order valence-electron chi connectivity index (χ2n) is 5.60. The molecule has 0 aliphatic heterocycles. The minimum Gasteiger partial charge on any atom is -0.872 e. The summed E-state index contributed by atoms with van der Waals surface area (Å²) in [6.07, 6.45) is 2.23. The molecule has 23 heavy (non-hydrogen) atoms. The van der Waals surface area contributed by atoms with Gasteiger partial charge in [-0.1, -0.05) is 43.1 Å². The molecule has 0 amide bonds. The number of H-pyrrole nitrogens is 1. The number of hydrogen-bond acceptors (Lipinski definition) is 2. The van der Waals surface area contributed by atoms with E-state index < -0.39 is 0 Å². The third-order valence-corrected chi connectivity index (χ3v) is 4.16. The van der Waals surface area contributed by atoms with Gasteiger partial charge in [0, 0.05) is 5.02 Å². The molecule has 2 N–H and O–H groups in total. The molecule has 3 aromatic rings. The zero-order valence-electron chi connectivity index (χ0n) is 13.1. The van der Waals surface area contributed by atoms with Crippen molar-refractivity contribution in [1.29, 1.82) is 0 Å². The van der Waals surface area contributed by atoms with Crippen molar-refractivity contribution in [1.82, 2.24) is 4.98 Å². The lowest BCUT2D eigenvalue weighted by Crippen LogP contribution is -2.36. The highest BCUT2D eigenvalue weighted by Crippen LogP contribution is 2.20. The topological polar surface area (TPSA) is 54.8 Å². The number of halogens is 1. The first-order chi connectivity index (χ1) is 11.2. The van der Waals surface area contributed by atoms with Crippen molar-refractivity contribution in [2.45, 2.75) is 32.9 Å². The fraction of sp³-hybridized carbons (Fsp3) is 0.278. The van der Waals surface area contributed by atoms with E-state index in [0.29, 0.717) is 17.1 Å². The Balaban J connectivity index is 1.88. The predicted octanol–water partition coefficient (Wildman–Crippen LogP) is 3.59. The van der Waals surface area contributed by atoms with Crippen LogP contribution in [0.25, 0.3) is 11.0 Å². The molecule has 4 nitrogen and oxygen atoms in total. The van der Waals surface area contributed by atoms with Gasteiger partial charge >= 0.3 is 5.95 Å². The van der Waals surface area contributed by atoms with Crippen LogP contribution in [0.4, 0.5) is 5.95 Å². The first-order valence-electron chi connectivity index (χ1n) is 7.89. The summed E-state index contributed by atoms with van der Waals surface area (Å²) >= 11 is 5.98. The quantitative estimate of drug-likeness (QED) is 0.679. The van der Waals surface area contributed by atoms with Gasteiger partial charge in [0.15, 0.2) is 0 Å². The second kappa shape index (κ2) is 6.92. The van der Waals surface area contributed by atoms with Crippen LogP contribution < -0.4 is 15.0 Å². The maximum Gasteiger partial charge on any atom is 0.356 e. The zero-order valence-corrected chi connectivity index (χ0v) is 13.9. The number of aromatic nitrogens is 2. The van der Waals surface area contributed by atoms with Gasteiger partial charge in [0.1, 0.15) is 11.0 Å². The number of aryl methyl sites for hydroxylation is 1. The standard InChI is InChI=1S/C18H20ClN3O/c1-2-3-10-22-16-7-5-4-6-15(16)21-18(22)20-12-13-11-14(19)8-9-17(13)23/h4-9,11H,2-3,10,12H2,1H3,(H2,20,21,23). The summed E-state index contributed by atoms with van der Waals surface area (Å²) in [5, 5.41) is 15.8. The second-order valence-corrected chi connectivity index (χ2v) is 6.04. The maximum atomic E-state index is 11.9. The molecule has 0 aliphatic rings. The van der Waals surface area contributed by atoms with E-state index in [2.05, 4.69) is 33.9 Å². The van der Waals surface area contributed by atoms with E-state index >= 15 is 0 Å². The van der Waals surface area contributed by atoms with Crippen molar-refractivity contribution >= 4 is 28.6 Å². The molecule has 0 spiro atoms. The molecular formula is C18H20ClN3O. The zero-order chi connectivity index (χ0) is 16.2. The molecule has 1 aromatic heterocycles. The minimum atomic E-state index is -0.00174. The van der Waals surface area contributed by atoms with Gasteiger partial charge in [-0.15, -0.1) is 5.75 Å². The number of benzene rings is 2. The van der Waals surface area contributed by atoms with Gasteiger partial charge < -0.3 is 5.11 Å². The number of fused-ring (bicyclic) bond motifs is 1. The number of anilines is 1. The van der Waals surface area contributed by atoms with Crippen LogP contribution in [0, 0.1) is 0 Å². The smallest absolute Gasteiger partial charge is 0.356 e. The predicted molar refractivity (Wildman–Crippen MR) is 91.6 cm³/mol. The van der Waals surface area contributed by atoms with Gasteiger partial charge in [0.25, 0.3) is 0 Å². The van der Waals surface area contributed by atoms with Crippen LogP contribution in [-0.4, -0.2) is 4.98 Å². The molecule has 0 fully saturated rings. The number of imidazole rings is 1. The first kappa shape index (κ1) is 15.7. The monoisotopic (exact) mass is 329 g/mol. The Labute approximate surface area is 140 Å². The van der Waals surface area contributed by atoms with Crippen LogP contribution in [0.15, 0.2) is 42.5 Å². The van der Waals surface area contributed by atoms with Crippen LogP contribution in [-0.2, 0) is 13.1 Å². The van der Waals surface area contributed by atoms with Gasteiger partial charge in [0.05, 0.1) is 13.1 Å². The summed E-state index contributed by atoms with van der Waals surface area (Å²) in [6, 6.07) is 13.1. The van der Waals surface area contributed by atoms with E-state index in [1.165, 1.54) is 6.07 Å². The van der Waals surface area contributed by atoms with Crippen molar-refractivity contribution in [3.05, 3.63) is 53.1 Å². The summed E-state index contributed by atoms with van der Waals surface area (Å²) in [5.74, 6) is 0.914. The molecule has 0 atom stereocenters. The number of unbranched alkanes of at least 4 members (excludes halogenated alkanes) is 1. The first-order valence-corrected chi connectivity index (χ1v) is 8.26. The summed E-state index contributed by atoms with van der Waals surface area (Å²) in [5.41, 5.74) is 2.91. The van der Waals surface area contributed by atoms with Crippen molar-refractivity contribution in [2.75, 3.05) is 5.32 Å². The van der Waals surface area contributed by atoms with Crippen LogP contribution in [0.2, 0.25) is 5.02 Å². The van der Waals surface area contributed by atoms with Crippen LogP contribution in [0.3, 0.4) is 0 Å². The number of nitrogens with one attached hydrogen (secondary N) is 2. The molecule has 120 valence electrons. The van der Waals surface area contributed by atoms with Gasteiger partial charge in [-0.25, -0.2) is 9.55 Å². The average Bonchev–Trinajstić information content (AvgIpc) is 2.91. The molecule has 5 heteroatoms. The molecule has 1 heterocycles. The lowest BCUT2D eigenvalue weighted by molar-refractivity contribution is -0.657. The SMILES string of the molecule is CCCC[n+]1c(NCc2cc(Cl)ccc2[O-])[nH]c2ccccc21. The summed E-state index contributed by atoms with van der Waals surface area (Å²) in [4.78, 5) is 3.39. The highest BCUT2D eigenvalue weighted by atomic mass is 35.5. The third-order valence-electron chi connectivity index (χ3n) is 3.92. The summed E-state index contributed by atoms with van der Waals surface area (Å²) in [6.45, 7) is 3.55. The van der Waals surface area contributed by atoms with Crippen LogP contribution >= 0.6 is 11.6 Å². The molecular weight excluding hydrogens is 310 g/mol. The number of rotatable bonds is 6. The number of para-hydroxylation sites is 2. The molecule has 2 aromatic carbocycles. The van der Waals surface area contributed by atoms with Crippen molar-refractivity contribution in [3.8, 4) is 5.75 Å². The molecule has 3 rings (SSSR count). The van der Waals surface area contributed by atoms with E-state index in [1.807, 2.05) is 12.1 Å². The molecule has 0 bridgehead atoms. The largest absolute Gasteiger partial charge is 0.872 e. The van der Waals surface area contributed by atoms with E-state index in [-0.39, 0.29) is 5.75 Å². The van der Waals surface area contributed by atoms with Crippen molar-refractivity contribution in [3.63, 3.8) is 0 Å². The Kier molecular flexibility index (Phi) is 4.72. The highest BCUT2D eigenvalue weighted by molar-refractivity contribution is 6.30. The highest BCUT2D eigenvalue weighted by Gasteiger charge is 2.16. The van der Waals surface area contributed by atoms with Crippen LogP contribution in [0.1, 0.15) is 25.3 Å². The Morgan fingerprint density at radius 2 is 2.04 bits per heavy atom. The summed E-state index contributed by atoms with van der Waals surface area (Å²) in [7, 11) is 0. The Morgan fingerprint density at radius 1 is 1.22 bits per heavy atom. The number of hydrogen-bond donors (Lipinski definition) is 2. The van der Waals surface area contributed by atoms with Crippen molar-refractivity contribution in [2.24, 2.45) is 0 Å².